The number of aromatic nitrogens is 4. The number of carbonyl (C=O) groups excluding carboxylic acids is 1. The summed E-state index contributed by atoms with van der Waals surface area (Å²) in [5, 5.41) is 16.1. The summed E-state index contributed by atoms with van der Waals surface area (Å²) in [5.41, 5.74) is 5.64. The number of hydrogen-bond acceptors (Lipinski definition) is 5. The molecule has 2 heterocycles. The Bertz CT molecular complexity index is 1230. The highest BCUT2D eigenvalue weighted by Crippen LogP contribution is 2.34. The van der Waals surface area contributed by atoms with Crippen LogP contribution in [0.4, 0.5) is 5.69 Å². The number of aryl methyl sites for hydroxylation is 3. The quantitative estimate of drug-likeness (QED) is 0.573. The van der Waals surface area contributed by atoms with Crippen molar-refractivity contribution < 1.29 is 9.53 Å². The fourth-order valence-electron chi connectivity index (χ4n) is 3.38. The van der Waals surface area contributed by atoms with Gasteiger partial charge in [-0.1, -0.05) is 36.4 Å². The Labute approximate surface area is 168 Å². The van der Waals surface area contributed by atoms with E-state index in [1.807, 2.05) is 69.3 Å². The van der Waals surface area contributed by atoms with E-state index in [1.54, 1.807) is 11.6 Å². The molecule has 4 rings (SSSR count). The average molecular weight is 387 g/mol. The molecular weight excluding hydrogens is 366 g/mol. The van der Waals surface area contributed by atoms with Crippen LogP contribution in [0.15, 0.2) is 48.5 Å². The molecule has 29 heavy (non-hydrogen) atoms. The highest BCUT2D eigenvalue weighted by molar-refractivity contribution is 6.04. The van der Waals surface area contributed by atoms with Crippen molar-refractivity contribution in [2.75, 3.05) is 12.4 Å². The number of nitrogens with one attached hydrogen (secondary N) is 1. The number of anilines is 1. The minimum Gasteiger partial charge on any atom is -0.496 e. The molecule has 4 aromatic rings. The van der Waals surface area contributed by atoms with Crippen molar-refractivity contribution in [1.29, 1.82) is 0 Å². The molecule has 1 N–H and O–H groups in total. The lowest BCUT2D eigenvalue weighted by molar-refractivity contribution is 0.102. The van der Waals surface area contributed by atoms with Crippen molar-refractivity contribution in [2.45, 2.75) is 20.8 Å². The van der Waals surface area contributed by atoms with Crippen LogP contribution < -0.4 is 10.1 Å². The number of amides is 1. The molecule has 0 aliphatic heterocycles. The van der Waals surface area contributed by atoms with Gasteiger partial charge in [-0.05, 0) is 38.5 Å². The second-order valence-electron chi connectivity index (χ2n) is 6.80. The highest BCUT2D eigenvalue weighted by atomic mass is 16.5. The van der Waals surface area contributed by atoms with Gasteiger partial charge in [-0.2, -0.15) is 5.10 Å². The Hall–Kier alpha value is -3.74. The van der Waals surface area contributed by atoms with Gasteiger partial charge in [-0.3, -0.25) is 4.79 Å². The summed E-state index contributed by atoms with van der Waals surface area (Å²) in [6.45, 7) is 5.66. The zero-order chi connectivity index (χ0) is 20.5. The van der Waals surface area contributed by atoms with Crippen LogP contribution in [0.3, 0.4) is 0 Å². The minimum absolute atomic E-state index is 0.231. The molecule has 0 aliphatic carbocycles. The average Bonchev–Trinajstić information content (AvgIpc) is 3.06. The third kappa shape index (κ3) is 3.20. The molecule has 2 aromatic heterocycles. The lowest BCUT2D eigenvalue weighted by Crippen LogP contribution is -2.19. The second kappa shape index (κ2) is 7.35. The molecule has 2 aromatic carbocycles. The van der Waals surface area contributed by atoms with Gasteiger partial charge in [0.25, 0.3) is 5.91 Å². The van der Waals surface area contributed by atoms with E-state index in [0.29, 0.717) is 11.3 Å². The number of para-hydroxylation sites is 2. The molecule has 0 atom stereocenters. The van der Waals surface area contributed by atoms with Crippen LogP contribution in [0.2, 0.25) is 0 Å². The van der Waals surface area contributed by atoms with E-state index in [9.17, 15) is 4.79 Å². The first kappa shape index (κ1) is 18.6. The van der Waals surface area contributed by atoms with Gasteiger partial charge in [-0.25, -0.2) is 4.52 Å². The molecule has 146 valence electrons. The molecule has 0 fully saturated rings. The smallest absolute Gasteiger partial charge is 0.278 e. The molecular formula is C22H21N5O2. The van der Waals surface area contributed by atoms with Crippen LogP contribution in [0.1, 0.15) is 27.4 Å². The minimum atomic E-state index is -0.321. The van der Waals surface area contributed by atoms with E-state index in [1.165, 1.54) is 0 Å². The zero-order valence-electron chi connectivity index (χ0n) is 16.7. The molecule has 0 saturated heterocycles. The van der Waals surface area contributed by atoms with Crippen LogP contribution in [-0.4, -0.2) is 32.8 Å². The summed E-state index contributed by atoms with van der Waals surface area (Å²) < 4.78 is 7.16. The SMILES string of the molecule is COc1ccccc1-c1c(C)nn2c(C)c(C(=O)Nc3ccccc3C)nnc12. The number of methoxy groups -OCH3 is 1. The molecule has 0 spiro atoms. The maximum atomic E-state index is 12.8. The second-order valence-corrected chi connectivity index (χ2v) is 6.80. The predicted octanol–water partition coefficient (Wildman–Crippen LogP) is 3.98. The molecule has 0 radical (unpaired) electrons. The van der Waals surface area contributed by atoms with E-state index in [-0.39, 0.29) is 11.6 Å². The van der Waals surface area contributed by atoms with Crippen molar-refractivity contribution in [3.05, 3.63) is 71.2 Å². The van der Waals surface area contributed by atoms with Crippen molar-refractivity contribution in [3.8, 4) is 16.9 Å². The Morgan fingerprint density at radius 1 is 1.00 bits per heavy atom. The van der Waals surface area contributed by atoms with E-state index >= 15 is 0 Å². The maximum Gasteiger partial charge on any atom is 0.278 e. The van der Waals surface area contributed by atoms with Crippen molar-refractivity contribution in [3.63, 3.8) is 0 Å². The molecule has 7 nitrogen and oxygen atoms in total. The number of benzene rings is 2. The Balaban J connectivity index is 1.80. The normalized spacial score (nSPS) is 10.9. The topological polar surface area (TPSA) is 81.4 Å². The van der Waals surface area contributed by atoms with Gasteiger partial charge in [0, 0.05) is 11.3 Å². The fourth-order valence-corrected chi connectivity index (χ4v) is 3.38. The van der Waals surface area contributed by atoms with Crippen molar-refractivity contribution >= 4 is 17.2 Å². The predicted molar refractivity (Wildman–Crippen MR) is 111 cm³/mol. The monoisotopic (exact) mass is 387 g/mol. The fraction of sp³-hybridized carbons (Fsp3) is 0.182. The lowest BCUT2D eigenvalue weighted by atomic mass is 10.1. The first-order valence-electron chi connectivity index (χ1n) is 9.24. The highest BCUT2D eigenvalue weighted by Gasteiger charge is 2.22. The van der Waals surface area contributed by atoms with E-state index in [0.717, 1.165) is 33.8 Å². The number of fused-ring (bicyclic) bond motifs is 1. The summed E-state index contributed by atoms with van der Waals surface area (Å²) in [6, 6.07) is 15.3. The summed E-state index contributed by atoms with van der Waals surface area (Å²) in [7, 11) is 1.63. The third-order valence-electron chi connectivity index (χ3n) is 4.93. The van der Waals surface area contributed by atoms with Gasteiger partial charge in [0.15, 0.2) is 11.3 Å². The number of ether oxygens (including phenoxy) is 1. The van der Waals surface area contributed by atoms with E-state index < -0.39 is 0 Å². The molecule has 0 unspecified atom stereocenters. The molecule has 7 heteroatoms. The number of nitrogens with zero attached hydrogens (tertiary/aromatic N) is 4. The zero-order valence-corrected chi connectivity index (χ0v) is 16.7. The third-order valence-corrected chi connectivity index (χ3v) is 4.93. The van der Waals surface area contributed by atoms with Gasteiger partial charge >= 0.3 is 0 Å². The van der Waals surface area contributed by atoms with E-state index in [4.69, 9.17) is 4.74 Å². The number of rotatable bonds is 4. The summed E-state index contributed by atoms with van der Waals surface area (Å²) in [6.07, 6.45) is 0. The Morgan fingerprint density at radius 3 is 2.48 bits per heavy atom. The largest absolute Gasteiger partial charge is 0.496 e. The van der Waals surface area contributed by atoms with Gasteiger partial charge in [0.1, 0.15) is 5.75 Å². The maximum absolute atomic E-state index is 12.8. The van der Waals surface area contributed by atoms with Crippen LogP contribution in [-0.2, 0) is 0 Å². The summed E-state index contributed by atoms with van der Waals surface area (Å²) in [4.78, 5) is 12.8. The van der Waals surface area contributed by atoms with Gasteiger partial charge < -0.3 is 10.1 Å². The van der Waals surface area contributed by atoms with Gasteiger partial charge in [-0.15, -0.1) is 10.2 Å². The van der Waals surface area contributed by atoms with Crippen molar-refractivity contribution in [2.24, 2.45) is 0 Å². The van der Waals surface area contributed by atoms with E-state index in [2.05, 4.69) is 20.6 Å². The standard InChI is InChI=1S/C22H21N5O2/c1-13-9-5-7-11-17(13)23-22(28)20-15(3)27-21(25-24-20)19(14(2)26-27)16-10-6-8-12-18(16)29-4/h5-12H,1-4H3,(H,23,28). The van der Waals surface area contributed by atoms with Crippen molar-refractivity contribution in [1.82, 2.24) is 19.8 Å². The van der Waals surface area contributed by atoms with Crippen LogP contribution >= 0.6 is 0 Å². The summed E-state index contributed by atoms with van der Waals surface area (Å²) >= 11 is 0. The first-order chi connectivity index (χ1) is 14.0. The molecule has 1 amide bonds. The molecule has 0 aliphatic rings. The van der Waals surface area contributed by atoms with Gasteiger partial charge in [0.2, 0.25) is 0 Å². The lowest BCUT2D eigenvalue weighted by Gasteiger charge is -2.10. The molecule has 0 saturated carbocycles. The Kier molecular flexibility index (Phi) is 4.72. The van der Waals surface area contributed by atoms with Gasteiger partial charge in [0.05, 0.1) is 24.1 Å². The number of carbonyl (C=O) groups is 1. The summed E-state index contributed by atoms with van der Waals surface area (Å²) in [5.74, 6) is 0.407. The van der Waals surface area contributed by atoms with Crippen LogP contribution in [0, 0.1) is 20.8 Å². The Morgan fingerprint density at radius 2 is 1.72 bits per heavy atom. The molecule has 0 bridgehead atoms. The van der Waals surface area contributed by atoms with Crippen LogP contribution in [0.5, 0.6) is 5.75 Å². The first-order valence-corrected chi connectivity index (χ1v) is 9.24. The van der Waals surface area contributed by atoms with Crippen LogP contribution in [0.25, 0.3) is 16.8 Å². The number of hydrogen-bond donors (Lipinski definition) is 1.